The van der Waals surface area contributed by atoms with Gasteiger partial charge in [0.25, 0.3) is 0 Å². The van der Waals surface area contributed by atoms with Crippen molar-refractivity contribution in [2.45, 2.75) is 76.3 Å². The molecule has 2 unspecified atom stereocenters. The number of likely N-dealkylation sites (tertiary alicyclic amines) is 1. The minimum absolute atomic E-state index is 0.0748. The molecule has 2 aliphatic carbocycles. The Bertz CT molecular complexity index is 2940. The summed E-state index contributed by atoms with van der Waals surface area (Å²) in [7, 11) is 0. The van der Waals surface area contributed by atoms with E-state index in [1.807, 2.05) is 85.1 Å². The van der Waals surface area contributed by atoms with Crippen LogP contribution in [0.15, 0.2) is 135 Å². The fraction of sp³-hybridized carbons (Fsp3) is 0.316. The maximum atomic E-state index is 13.0. The molecule has 358 valence electrons. The second-order valence-corrected chi connectivity index (χ2v) is 20.2. The lowest BCUT2D eigenvalue weighted by Gasteiger charge is -2.36. The van der Waals surface area contributed by atoms with Crippen molar-refractivity contribution in [2.75, 3.05) is 31.5 Å². The van der Waals surface area contributed by atoms with E-state index >= 15 is 0 Å². The van der Waals surface area contributed by atoms with Gasteiger partial charge >= 0.3 is 6.03 Å². The summed E-state index contributed by atoms with van der Waals surface area (Å²) < 4.78 is 4.26. The first-order valence-electron chi connectivity index (χ1n) is 24.7. The monoisotopic (exact) mass is 989 g/mol. The summed E-state index contributed by atoms with van der Waals surface area (Å²) in [5, 5.41) is 8.70. The van der Waals surface area contributed by atoms with E-state index in [0.29, 0.717) is 35.9 Å². The van der Waals surface area contributed by atoms with Crippen LogP contribution in [0.2, 0.25) is 15.1 Å². The molecule has 4 aliphatic rings. The molecule has 0 bridgehead atoms. The van der Waals surface area contributed by atoms with Gasteiger partial charge in [-0.25, -0.2) is 14.8 Å². The first kappa shape index (κ1) is 47.6. The Morgan fingerprint density at radius 1 is 0.614 bits per heavy atom. The van der Waals surface area contributed by atoms with Crippen LogP contribution in [-0.4, -0.2) is 66.2 Å². The van der Waals surface area contributed by atoms with E-state index in [2.05, 4.69) is 84.4 Å². The smallest absolute Gasteiger partial charge is 0.321 e. The molecular weight excluding hydrogens is 933 g/mol. The number of hydrogen-bond acceptors (Lipinski definition) is 6. The summed E-state index contributed by atoms with van der Waals surface area (Å²) in [4.78, 5) is 33.2. The number of anilines is 1. The molecule has 6 heterocycles. The molecule has 11 rings (SSSR count). The number of imidazole rings is 2. The van der Waals surface area contributed by atoms with Crippen LogP contribution in [0, 0.1) is 11.8 Å². The third kappa shape index (κ3) is 11.1. The fourth-order valence-corrected chi connectivity index (χ4v) is 11.6. The van der Waals surface area contributed by atoms with Crippen LogP contribution >= 0.6 is 34.8 Å². The molecule has 0 spiro atoms. The number of halogens is 3. The van der Waals surface area contributed by atoms with E-state index < -0.39 is 0 Å². The average molecular weight is 992 g/mol. The van der Waals surface area contributed by atoms with Crippen LogP contribution in [0.1, 0.15) is 108 Å². The van der Waals surface area contributed by atoms with Crippen LogP contribution < -0.4 is 10.6 Å². The highest BCUT2D eigenvalue weighted by Crippen LogP contribution is 2.47. The van der Waals surface area contributed by atoms with E-state index in [9.17, 15) is 4.79 Å². The molecule has 2 amide bonds. The van der Waals surface area contributed by atoms with Gasteiger partial charge < -0.3 is 24.7 Å². The first-order chi connectivity index (χ1) is 34.3. The summed E-state index contributed by atoms with van der Waals surface area (Å²) in [6.45, 7) is 5.42. The predicted molar refractivity (Wildman–Crippen MR) is 284 cm³/mol. The highest BCUT2D eigenvalue weighted by molar-refractivity contribution is 6.31. The number of nitrogens with zero attached hydrogens (tertiary/aromatic N) is 7. The van der Waals surface area contributed by atoms with Gasteiger partial charge in [0, 0.05) is 96.0 Å². The minimum atomic E-state index is -0.0748. The van der Waals surface area contributed by atoms with Gasteiger partial charge in [-0.05, 0) is 181 Å². The first-order valence-corrected chi connectivity index (χ1v) is 25.8. The highest BCUT2D eigenvalue weighted by atomic mass is 35.5. The third-order valence-electron chi connectivity index (χ3n) is 14.5. The van der Waals surface area contributed by atoms with Crippen LogP contribution in [0.5, 0.6) is 0 Å². The largest absolute Gasteiger partial charge is 0.337 e. The van der Waals surface area contributed by atoms with Gasteiger partial charge in [0.2, 0.25) is 0 Å². The van der Waals surface area contributed by atoms with E-state index in [1.54, 1.807) is 12.1 Å². The number of benzene rings is 3. The van der Waals surface area contributed by atoms with Crippen LogP contribution in [-0.2, 0) is 13.1 Å². The zero-order chi connectivity index (χ0) is 47.8. The third-order valence-corrected chi connectivity index (χ3v) is 15.2. The van der Waals surface area contributed by atoms with Crippen molar-refractivity contribution in [3.8, 4) is 0 Å². The second kappa shape index (κ2) is 22.4. The van der Waals surface area contributed by atoms with E-state index in [4.69, 9.17) is 44.8 Å². The van der Waals surface area contributed by atoms with Crippen molar-refractivity contribution in [2.24, 2.45) is 11.8 Å². The van der Waals surface area contributed by atoms with E-state index in [0.717, 1.165) is 91.7 Å². The SMILES string of the molecule is Clc1ccc2c(c1)C=C(CCCn1ccnc1)c1cccnc1C2C1CCNCC1.O=C(Nc1ccc(Cl)cc1)N1CCC(C2c3ccc(Cl)cc3C=C(CCCn3ccnc3)c3cccnc32)CC1. The quantitative estimate of drug-likeness (QED) is 0.134. The molecule has 13 heteroatoms. The Balaban J connectivity index is 0.000000169. The number of hydrogen-bond donors (Lipinski definition) is 2. The minimum Gasteiger partial charge on any atom is -0.337 e. The Morgan fingerprint density at radius 2 is 1.11 bits per heavy atom. The van der Waals surface area contributed by atoms with Crippen molar-refractivity contribution < 1.29 is 4.79 Å². The van der Waals surface area contributed by atoms with E-state index in [1.165, 1.54) is 57.5 Å². The molecule has 3 aromatic carbocycles. The number of rotatable bonds is 11. The number of pyridine rings is 2. The molecule has 0 radical (unpaired) electrons. The molecule has 2 saturated heterocycles. The molecule has 0 saturated carbocycles. The van der Waals surface area contributed by atoms with E-state index in [-0.39, 0.29) is 11.9 Å². The molecule has 2 fully saturated rings. The number of allylic oxidation sites excluding steroid dienone is 2. The maximum Gasteiger partial charge on any atom is 0.321 e. The number of aryl methyl sites for hydroxylation is 2. The maximum absolute atomic E-state index is 13.0. The lowest BCUT2D eigenvalue weighted by molar-refractivity contribution is 0.177. The van der Waals surface area contributed by atoms with Crippen molar-refractivity contribution in [1.82, 2.24) is 39.3 Å². The molecule has 2 aliphatic heterocycles. The molecule has 7 aromatic rings. The van der Waals surface area contributed by atoms with Crippen LogP contribution in [0.25, 0.3) is 23.3 Å². The van der Waals surface area contributed by atoms with Gasteiger partial charge in [-0.15, -0.1) is 0 Å². The summed E-state index contributed by atoms with van der Waals surface area (Å²) in [6, 6.07) is 28.3. The lowest BCUT2D eigenvalue weighted by Crippen LogP contribution is -2.42. The number of piperidine rings is 2. The van der Waals surface area contributed by atoms with Crippen molar-refractivity contribution in [3.63, 3.8) is 0 Å². The molecule has 10 nitrogen and oxygen atoms in total. The molecule has 2 N–H and O–H groups in total. The normalized spacial score (nSPS) is 17.8. The number of aromatic nitrogens is 6. The topological polar surface area (TPSA) is 106 Å². The highest BCUT2D eigenvalue weighted by Gasteiger charge is 2.36. The second-order valence-electron chi connectivity index (χ2n) is 18.9. The summed E-state index contributed by atoms with van der Waals surface area (Å²) >= 11 is 18.9. The standard InChI is InChI=1S/C32H31Cl2N5O.C25H27ClN4/c33-25-5-8-27(9-6-25)37-32(40)39-16-11-22(12-17-39)30-28-10-7-26(34)20-24(28)19-23(29-4-1-13-36-31(29)30)3-2-15-38-18-14-35-21-38;26-21-5-6-22-20(16-21)15-19(3-2-13-30-14-12-28-17-30)23-4-1-9-29-25(23)24(22)18-7-10-27-11-8-18/h1,4-10,13-14,18-22,30H,2-3,11-12,15-17H2,(H,37,40);1,4-6,9,12,14-18,24,27H,2-3,7-8,10-11,13H2. The Labute approximate surface area is 425 Å². The number of carbonyl (C=O) groups excluding carboxylic acids is 1. The van der Waals surface area contributed by atoms with Crippen molar-refractivity contribution >= 4 is 69.8 Å². The summed E-state index contributed by atoms with van der Waals surface area (Å²) in [6.07, 6.45) is 28.1. The fourth-order valence-electron chi connectivity index (χ4n) is 11.1. The van der Waals surface area contributed by atoms with Crippen LogP contribution in [0.3, 0.4) is 0 Å². The van der Waals surface area contributed by atoms with Gasteiger partial charge in [0.05, 0.1) is 24.0 Å². The Hall–Kier alpha value is -6.04. The number of urea groups is 1. The number of fused-ring (bicyclic) bond motifs is 4. The van der Waals surface area contributed by atoms with Crippen LogP contribution in [0.4, 0.5) is 10.5 Å². The average Bonchev–Trinajstić information content (AvgIpc) is 4.07. The van der Waals surface area contributed by atoms with Gasteiger partial charge in [0.15, 0.2) is 0 Å². The number of nitrogens with one attached hydrogen (secondary N) is 2. The number of amides is 2. The molecule has 4 aromatic heterocycles. The lowest BCUT2D eigenvalue weighted by atomic mass is 9.76. The zero-order valence-electron chi connectivity index (χ0n) is 39.2. The van der Waals surface area contributed by atoms with Gasteiger partial charge in [0.1, 0.15) is 0 Å². The predicted octanol–water partition coefficient (Wildman–Crippen LogP) is 13.4. The Morgan fingerprint density at radius 3 is 1.61 bits per heavy atom. The summed E-state index contributed by atoms with van der Waals surface area (Å²) in [5.74, 6) is 1.40. The Kier molecular flexibility index (Phi) is 15.2. The number of carbonyl (C=O) groups is 1. The molecular formula is C57H58Cl3N9O. The van der Waals surface area contributed by atoms with Gasteiger partial charge in [-0.3, -0.25) is 9.97 Å². The van der Waals surface area contributed by atoms with Crippen molar-refractivity contribution in [3.05, 3.63) is 195 Å². The zero-order valence-corrected chi connectivity index (χ0v) is 41.5. The van der Waals surface area contributed by atoms with Crippen molar-refractivity contribution in [1.29, 1.82) is 0 Å². The summed E-state index contributed by atoms with van der Waals surface area (Å²) in [5.41, 5.74) is 13.3. The molecule has 2 atom stereocenters. The molecule has 70 heavy (non-hydrogen) atoms. The van der Waals surface area contributed by atoms with Gasteiger partial charge in [-0.2, -0.15) is 0 Å². The van der Waals surface area contributed by atoms with Gasteiger partial charge in [-0.1, -0.05) is 71.2 Å².